The molecule has 0 radical (unpaired) electrons. The van der Waals surface area contributed by atoms with Crippen molar-refractivity contribution in [3.05, 3.63) is 35.4 Å². The maximum atomic E-state index is 12.6. The van der Waals surface area contributed by atoms with Crippen LogP contribution in [0.5, 0.6) is 0 Å². The first-order valence-corrected chi connectivity index (χ1v) is 11.0. The third-order valence-corrected chi connectivity index (χ3v) is 7.28. The fraction of sp³-hybridized carbons (Fsp3) is 0.696. The molecule has 27 heavy (non-hydrogen) atoms. The lowest BCUT2D eigenvalue weighted by Gasteiger charge is -2.31. The molecule has 2 fully saturated rings. The van der Waals surface area contributed by atoms with Crippen molar-refractivity contribution in [3.63, 3.8) is 0 Å². The summed E-state index contributed by atoms with van der Waals surface area (Å²) in [6.45, 7) is 3.32. The van der Waals surface area contributed by atoms with E-state index in [2.05, 4.69) is 46.7 Å². The number of nitrogens with one attached hydrogen (secondary N) is 2. The van der Waals surface area contributed by atoms with Crippen LogP contribution in [0.3, 0.4) is 0 Å². The number of hydrogen-bond donors (Lipinski definition) is 2. The van der Waals surface area contributed by atoms with Crippen molar-refractivity contribution in [1.29, 1.82) is 0 Å². The number of hydrogen-bond acceptors (Lipinski definition) is 3. The summed E-state index contributed by atoms with van der Waals surface area (Å²) in [5, 5.41) is 6.84. The number of benzene rings is 1. The van der Waals surface area contributed by atoms with Gasteiger partial charge in [0, 0.05) is 31.7 Å². The van der Waals surface area contributed by atoms with Crippen molar-refractivity contribution in [3.8, 4) is 0 Å². The number of carbonyl (C=O) groups is 1. The van der Waals surface area contributed by atoms with E-state index in [1.807, 2.05) is 0 Å². The maximum absolute atomic E-state index is 12.6. The van der Waals surface area contributed by atoms with Crippen molar-refractivity contribution >= 4 is 5.91 Å². The minimum absolute atomic E-state index is 0.0128. The molecule has 3 aliphatic rings. The van der Waals surface area contributed by atoms with E-state index in [9.17, 15) is 4.79 Å². The van der Waals surface area contributed by atoms with Gasteiger partial charge < -0.3 is 10.6 Å². The molecule has 0 unspecified atom stereocenters. The zero-order valence-corrected chi connectivity index (χ0v) is 16.9. The minimum Gasteiger partial charge on any atom is -0.358 e. The van der Waals surface area contributed by atoms with Crippen LogP contribution in [-0.4, -0.2) is 48.6 Å². The van der Waals surface area contributed by atoms with Gasteiger partial charge in [-0.25, -0.2) is 0 Å². The molecule has 1 aliphatic heterocycles. The molecule has 4 rings (SSSR count). The first-order valence-electron chi connectivity index (χ1n) is 11.0. The van der Waals surface area contributed by atoms with Gasteiger partial charge in [0.15, 0.2) is 0 Å². The molecule has 1 aromatic rings. The van der Waals surface area contributed by atoms with Gasteiger partial charge in [0.2, 0.25) is 5.91 Å². The number of rotatable bonds is 5. The summed E-state index contributed by atoms with van der Waals surface area (Å²) < 4.78 is 0. The lowest BCUT2D eigenvalue weighted by molar-refractivity contribution is -0.125. The first kappa shape index (κ1) is 18.9. The second-order valence-corrected chi connectivity index (χ2v) is 8.88. The number of carbonyl (C=O) groups excluding carboxylic acids is 1. The quantitative estimate of drug-likeness (QED) is 0.839. The average Bonchev–Trinajstić information content (AvgIpc) is 3.32. The molecule has 4 heteroatoms. The molecule has 1 heterocycles. The van der Waals surface area contributed by atoms with Crippen molar-refractivity contribution in [2.45, 2.75) is 82.5 Å². The first-order chi connectivity index (χ1) is 13.2. The van der Waals surface area contributed by atoms with Crippen LogP contribution >= 0.6 is 0 Å². The summed E-state index contributed by atoms with van der Waals surface area (Å²) in [5.74, 6) is 1.11. The molecule has 1 aromatic carbocycles. The van der Waals surface area contributed by atoms with E-state index in [-0.39, 0.29) is 11.9 Å². The van der Waals surface area contributed by atoms with Crippen LogP contribution in [0, 0.1) is 5.92 Å². The normalized spacial score (nSPS) is 31.8. The Kier molecular flexibility index (Phi) is 5.84. The Labute approximate surface area is 164 Å². The molecule has 2 N–H and O–H groups in total. The van der Waals surface area contributed by atoms with Crippen molar-refractivity contribution in [1.82, 2.24) is 15.5 Å². The monoisotopic (exact) mass is 369 g/mol. The number of nitrogens with zero attached hydrogens (tertiary/aromatic N) is 1. The molecule has 1 saturated heterocycles. The third kappa shape index (κ3) is 4.07. The summed E-state index contributed by atoms with van der Waals surface area (Å²) in [6, 6.07) is 10.3. The van der Waals surface area contributed by atoms with Crippen molar-refractivity contribution in [2.24, 2.45) is 5.92 Å². The van der Waals surface area contributed by atoms with Gasteiger partial charge in [0.05, 0.1) is 6.04 Å². The molecule has 2 aliphatic carbocycles. The van der Waals surface area contributed by atoms with Gasteiger partial charge in [0.1, 0.15) is 0 Å². The molecular formula is C23H35N3O. The van der Waals surface area contributed by atoms with Gasteiger partial charge in [-0.3, -0.25) is 9.69 Å². The summed E-state index contributed by atoms with van der Waals surface area (Å²) >= 11 is 0. The topological polar surface area (TPSA) is 44.4 Å². The van der Waals surface area contributed by atoms with Crippen LogP contribution in [0.15, 0.2) is 24.3 Å². The van der Waals surface area contributed by atoms with Crippen LogP contribution in [0.4, 0.5) is 0 Å². The van der Waals surface area contributed by atoms with E-state index in [1.165, 1.54) is 43.2 Å². The van der Waals surface area contributed by atoms with Crippen molar-refractivity contribution < 1.29 is 4.79 Å². The number of amides is 1. The van der Waals surface area contributed by atoms with E-state index in [0.29, 0.717) is 18.1 Å². The average molecular weight is 370 g/mol. The maximum Gasteiger partial charge on any atom is 0.237 e. The van der Waals surface area contributed by atoms with Crippen LogP contribution in [-0.2, 0) is 17.6 Å². The second kappa shape index (κ2) is 8.32. The van der Waals surface area contributed by atoms with Crippen LogP contribution < -0.4 is 10.6 Å². The van der Waals surface area contributed by atoms with Gasteiger partial charge in [-0.15, -0.1) is 0 Å². The Morgan fingerprint density at radius 3 is 2.33 bits per heavy atom. The molecule has 0 bridgehead atoms. The Hall–Kier alpha value is -1.39. The molecule has 1 amide bonds. The lowest BCUT2D eigenvalue weighted by Crippen LogP contribution is -2.47. The van der Waals surface area contributed by atoms with Crippen LogP contribution in [0.2, 0.25) is 0 Å². The highest BCUT2D eigenvalue weighted by Gasteiger charge is 2.42. The number of fused-ring (bicyclic) bond motifs is 1. The van der Waals surface area contributed by atoms with Crippen LogP contribution in [0.25, 0.3) is 0 Å². The molecule has 0 aromatic heterocycles. The largest absolute Gasteiger partial charge is 0.358 e. The minimum atomic E-state index is 0.0128. The standard InChI is InChI=1S/C23H35N3O/c1-3-16-8-10-19(11-9-16)25-20-14-22(23(27)24-2)26(15-20)21-12-17-6-4-5-7-18(17)13-21/h4-7,16,19-22,25H,3,8-15H2,1-2H3,(H,24,27)/t16?,19?,20-,22+/m1/s1. The number of likely N-dealkylation sites (tertiary alicyclic amines) is 1. The highest BCUT2D eigenvalue weighted by atomic mass is 16.2. The number of likely N-dealkylation sites (N-methyl/N-ethyl adjacent to an activating group) is 1. The Morgan fingerprint density at radius 1 is 1.07 bits per heavy atom. The zero-order chi connectivity index (χ0) is 18.8. The molecule has 2 atom stereocenters. The Bertz CT molecular complexity index is 628. The summed E-state index contributed by atoms with van der Waals surface area (Å²) in [5.41, 5.74) is 2.93. The molecule has 4 nitrogen and oxygen atoms in total. The van der Waals surface area contributed by atoms with E-state index in [0.717, 1.165) is 31.7 Å². The fourth-order valence-corrected chi connectivity index (χ4v) is 5.65. The van der Waals surface area contributed by atoms with Gasteiger partial charge in [0.25, 0.3) is 0 Å². The highest BCUT2D eigenvalue weighted by molar-refractivity contribution is 5.82. The van der Waals surface area contributed by atoms with Gasteiger partial charge >= 0.3 is 0 Å². The summed E-state index contributed by atoms with van der Waals surface area (Å²) in [6.07, 6.45) is 9.76. The van der Waals surface area contributed by atoms with Gasteiger partial charge in [-0.2, -0.15) is 0 Å². The Balaban J connectivity index is 1.40. The molecule has 0 spiro atoms. The van der Waals surface area contributed by atoms with E-state index < -0.39 is 0 Å². The molecular weight excluding hydrogens is 334 g/mol. The summed E-state index contributed by atoms with van der Waals surface area (Å²) in [7, 11) is 1.77. The van der Waals surface area contributed by atoms with Gasteiger partial charge in [-0.1, -0.05) is 37.6 Å². The highest BCUT2D eigenvalue weighted by Crippen LogP contribution is 2.32. The van der Waals surface area contributed by atoms with Crippen molar-refractivity contribution in [2.75, 3.05) is 13.6 Å². The van der Waals surface area contributed by atoms with Crippen LogP contribution in [0.1, 0.15) is 56.6 Å². The molecule has 148 valence electrons. The SMILES string of the molecule is CCC1CCC(N[C@@H]2C[C@@H](C(=O)NC)N(C3Cc4ccccc4C3)C2)CC1. The smallest absolute Gasteiger partial charge is 0.237 e. The predicted molar refractivity (Wildman–Crippen MR) is 110 cm³/mol. The second-order valence-electron chi connectivity index (χ2n) is 8.88. The lowest BCUT2D eigenvalue weighted by atomic mass is 9.84. The van der Waals surface area contributed by atoms with E-state index in [4.69, 9.17) is 0 Å². The summed E-state index contributed by atoms with van der Waals surface area (Å²) in [4.78, 5) is 15.1. The van der Waals surface area contributed by atoms with E-state index in [1.54, 1.807) is 7.05 Å². The molecule has 1 saturated carbocycles. The Morgan fingerprint density at radius 2 is 1.74 bits per heavy atom. The predicted octanol–water partition coefficient (Wildman–Crippen LogP) is 2.90. The fourth-order valence-electron chi connectivity index (χ4n) is 5.65. The van der Waals surface area contributed by atoms with Gasteiger partial charge in [-0.05, 0) is 62.0 Å². The van der Waals surface area contributed by atoms with E-state index >= 15 is 0 Å². The zero-order valence-electron chi connectivity index (χ0n) is 16.9. The third-order valence-electron chi connectivity index (χ3n) is 7.28.